The second-order valence-corrected chi connectivity index (χ2v) is 5.45. The quantitative estimate of drug-likeness (QED) is 0.627. The molecule has 0 aliphatic carbocycles. The van der Waals surface area contributed by atoms with Gasteiger partial charge in [-0.05, 0) is 17.9 Å². The lowest BCUT2D eigenvalue weighted by molar-refractivity contribution is 0.350. The van der Waals surface area contributed by atoms with E-state index in [0.717, 1.165) is 11.1 Å². The number of aryl methyl sites for hydroxylation is 1. The van der Waals surface area contributed by atoms with Crippen LogP contribution < -0.4 is 10.2 Å². The Morgan fingerprint density at radius 1 is 1.33 bits per heavy atom. The summed E-state index contributed by atoms with van der Waals surface area (Å²) in [4.78, 5) is 0. The minimum absolute atomic E-state index is 0.133. The fourth-order valence-corrected chi connectivity index (χ4v) is 1.85. The number of benzene rings is 1. The molecule has 4 heteroatoms. The summed E-state index contributed by atoms with van der Waals surface area (Å²) in [6.07, 6.45) is 1.64. The summed E-state index contributed by atoms with van der Waals surface area (Å²) >= 11 is 0. The minimum atomic E-state index is -1.54. The molecule has 0 aliphatic heterocycles. The second kappa shape index (κ2) is 5.59. The third-order valence-corrected chi connectivity index (χ3v) is 2.69. The predicted molar refractivity (Wildman–Crippen MR) is 75.4 cm³/mol. The highest BCUT2D eigenvalue weighted by Gasteiger charge is 2.26. The molecule has 0 bridgehead atoms. The van der Waals surface area contributed by atoms with Crippen LogP contribution in [0.3, 0.4) is 0 Å². The maximum Gasteiger partial charge on any atom is 0.492 e. The summed E-state index contributed by atoms with van der Waals surface area (Å²) in [6, 6.07) is 3.75. The van der Waals surface area contributed by atoms with Crippen LogP contribution in [0.5, 0.6) is 5.75 Å². The number of ether oxygens (including phenoxy) is 1. The predicted octanol–water partition coefficient (Wildman–Crippen LogP) is 1.54. The van der Waals surface area contributed by atoms with Crippen molar-refractivity contribution in [3.8, 4) is 5.75 Å². The summed E-state index contributed by atoms with van der Waals surface area (Å²) in [5.41, 5.74) is 2.22. The molecule has 0 radical (unpaired) electrons. The largest absolute Gasteiger partial charge is 0.492 e. The van der Waals surface area contributed by atoms with E-state index in [4.69, 9.17) is 4.74 Å². The molecule has 2 N–H and O–H groups in total. The molecule has 3 nitrogen and oxygen atoms in total. The van der Waals surface area contributed by atoms with Gasteiger partial charge >= 0.3 is 7.12 Å². The highest BCUT2D eigenvalue weighted by Crippen LogP contribution is 2.31. The molecule has 0 fully saturated rings. The highest BCUT2D eigenvalue weighted by molar-refractivity contribution is 6.59. The van der Waals surface area contributed by atoms with E-state index < -0.39 is 7.12 Å². The van der Waals surface area contributed by atoms with Crippen molar-refractivity contribution in [2.75, 3.05) is 6.61 Å². The lowest BCUT2D eigenvalue weighted by Crippen LogP contribution is -2.34. The van der Waals surface area contributed by atoms with Gasteiger partial charge in [0.25, 0.3) is 0 Å². The van der Waals surface area contributed by atoms with E-state index in [1.54, 1.807) is 12.1 Å². The summed E-state index contributed by atoms with van der Waals surface area (Å²) in [5, 5.41) is 18.9. The average Bonchev–Trinajstić information content (AvgIpc) is 2.25. The van der Waals surface area contributed by atoms with Crippen molar-refractivity contribution in [2.24, 2.45) is 0 Å². The standard InChI is InChI=1S/C14H21BO3/c1-6-7-18-13-11(14(3,4)5)8-10(2)9-12(13)15(16)17/h6,8-9,16-17H,1,7H2,2-5H3. The Balaban J connectivity index is 3.42. The van der Waals surface area contributed by atoms with Gasteiger partial charge in [0.15, 0.2) is 0 Å². The molecular weight excluding hydrogens is 227 g/mol. The second-order valence-electron chi connectivity index (χ2n) is 5.45. The molecule has 0 unspecified atom stereocenters. The summed E-state index contributed by atoms with van der Waals surface area (Å²) in [5.74, 6) is 0.544. The molecule has 0 atom stereocenters. The summed E-state index contributed by atoms with van der Waals surface area (Å²) < 4.78 is 5.62. The van der Waals surface area contributed by atoms with Crippen LogP contribution in [0.1, 0.15) is 31.9 Å². The van der Waals surface area contributed by atoms with Crippen molar-refractivity contribution in [2.45, 2.75) is 33.1 Å². The molecular formula is C14H21BO3. The number of rotatable bonds is 4. The zero-order valence-electron chi connectivity index (χ0n) is 11.5. The molecule has 0 amide bonds. The number of hydrogen-bond acceptors (Lipinski definition) is 3. The average molecular weight is 248 g/mol. The molecule has 0 aromatic heterocycles. The van der Waals surface area contributed by atoms with Gasteiger partial charge in [-0.3, -0.25) is 0 Å². The Hall–Kier alpha value is -1.26. The molecule has 98 valence electrons. The van der Waals surface area contributed by atoms with E-state index in [-0.39, 0.29) is 5.41 Å². The topological polar surface area (TPSA) is 49.7 Å². The van der Waals surface area contributed by atoms with Crippen LogP contribution in [0.2, 0.25) is 0 Å². The van der Waals surface area contributed by atoms with Crippen molar-refractivity contribution in [1.82, 2.24) is 0 Å². The lowest BCUT2D eigenvalue weighted by atomic mass is 9.74. The maximum atomic E-state index is 9.47. The molecule has 18 heavy (non-hydrogen) atoms. The van der Waals surface area contributed by atoms with E-state index >= 15 is 0 Å². The van der Waals surface area contributed by atoms with Crippen LogP contribution in [0.4, 0.5) is 0 Å². The Labute approximate surface area is 109 Å². The fourth-order valence-electron chi connectivity index (χ4n) is 1.85. The minimum Gasteiger partial charge on any atom is -0.490 e. The lowest BCUT2D eigenvalue weighted by Gasteiger charge is -2.25. The molecule has 0 spiro atoms. The molecule has 1 aromatic carbocycles. The van der Waals surface area contributed by atoms with Gasteiger partial charge in [0.05, 0.1) is 0 Å². The summed E-state index contributed by atoms with van der Waals surface area (Å²) in [7, 11) is -1.54. The molecule has 0 heterocycles. The van der Waals surface area contributed by atoms with Gasteiger partial charge in [0.2, 0.25) is 0 Å². The van der Waals surface area contributed by atoms with Crippen molar-refractivity contribution >= 4 is 12.6 Å². The first-order chi connectivity index (χ1) is 8.27. The third kappa shape index (κ3) is 3.37. The zero-order chi connectivity index (χ0) is 13.9. The van der Waals surface area contributed by atoms with Crippen LogP contribution in [0, 0.1) is 6.92 Å². The Bertz CT molecular complexity index is 433. The van der Waals surface area contributed by atoms with Crippen LogP contribution in [0.15, 0.2) is 24.8 Å². The van der Waals surface area contributed by atoms with Crippen molar-refractivity contribution in [1.29, 1.82) is 0 Å². The molecule has 1 aromatic rings. The van der Waals surface area contributed by atoms with Gasteiger partial charge in [0, 0.05) is 5.46 Å². The third-order valence-electron chi connectivity index (χ3n) is 2.69. The maximum absolute atomic E-state index is 9.47. The zero-order valence-corrected chi connectivity index (χ0v) is 11.5. The van der Waals surface area contributed by atoms with Gasteiger partial charge in [-0.1, -0.05) is 51.1 Å². The number of hydrogen-bond donors (Lipinski definition) is 2. The Morgan fingerprint density at radius 3 is 2.39 bits per heavy atom. The van der Waals surface area contributed by atoms with E-state index in [1.807, 2.05) is 13.0 Å². The van der Waals surface area contributed by atoms with Gasteiger partial charge in [-0.2, -0.15) is 0 Å². The van der Waals surface area contributed by atoms with Gasteiger partial charge in [-0.15, -0.1) is 0 Å². The van der Waals surface area contributed by atoms with Crippen LogP contribution in [0.25, 0.3) is 0 Å². The smallest absolute Gasteiger partial charge is 0.490 e. The summed E-state index contributed by atoms with van der Waals surface area (Å²) in [6.45, 7) is 12.1. The molecule has 1 rings (SSSR count). The molecule has 0 aliphatic rings. The monoisotopic (exact) mass is 248 g/mol. The van der Waals surface area contributed by atoms with E-state index in [2.05, 4.69) is 27.4 Å². The van der Waals surface area contributed by atoms with E-state index in [1.165, 1.54) is 0 Å². The van der Waals surface area contributed by atoms with E-state index in [0.29, 0.717) is 17.8 Å². The first-order valence-electron chi connectivity index (χ1n) is 6.02. The van der Waals surface area contributed by atoms with Crippen LogP contribution in [-0.2, 0) is 5.41 Å². The van der Waals surface area contributed by atoms with Crippen molar-refractivity contribution in [3.63, 3.8) is 0 Å². The molecule has 0 saturated heterocycles. The first kappa shape index (κ1) is 14.8. The van der Waals surface area contributed by atoms with Crippen LogP contribution in [-0.4, -0.2) is 23.8 Å². The van der Waals surface area contributed by atoms with Gasteiger partial charge in [0.1, 0.15) is 12.4 Å². The SMILES string of the molecule is C=CCOc1c(B(O)O)cc(C)cc1C(C)(C)C. The van der Waals surface area contributed by atoms with Crippen molar-refractivity contribution in [3.05, 3.63) is 35.9 Å². The van der Waals surface area contributed by atoms with Gasteiger partial charge in [-0.25, -0.2) is 0 Å². The van der Waals surface area contributed by atoms with E-state index in [9.17, 15) is 10.0 Å². The first-order valence-corrected chi connectivity index (χ1v) is 6.02. The van der Waals surface area contributed by atoms with Crippen molar-refractivity contribution < 1.29 is 14.8 Å². The fraction of sp³-hybridized carbons (Fsp3) is 0.429. The Kier molecular flexibility index (Phi) is 4.60. The normalized spacial score (nSPS) is 11.2. The van der Waals surface area contributed by atoms with Gasteiger partial charge < -0.3 is 14.8 Å². The van der Waals surface area contributed by atoms with Crippen LogP contribution >= 0.6 is 0 Å². The Morgan fingerprint density at radius 2 is 1.94 bits per heavy atom. The molecule has 0 saturated carbocycles. The highest BCUT2D eigenvalue weighted by atomic mass is 16.5.